The highest BCUT2D eigenvalue weighted by Gasteiger charge is 2.29. The van der Waals surface area contributed by atoms with Gasteiger partial charge in [0, 0.05) is 13.1 Å². The zero-order chi connectivity index (χ0) is 13.0. The van der Waals surface area contributed by atoms with Crippen molar-refractivity contribution >= 4 is 6.09 Å². The maximum absolute atomic E-state index is 13.2. The monoisotopic (exact) mass is 252 g/mol. The summed E-state index contributed by atoms with van der Waals surface area (Å²) in [6.45, 7) is 0.807. The predicted octanol–water partition coefficient (Wildman–Crippen LogP) is 1.69. The number of rotatable bonds is 2. The molecule has 0 aliphatic carbocycles. The Labute approximate surface area is 106 Å². The van der Waals surface area contributed by atoms with Crippen molar-refractivity contribution in [3.05, 3.63) is 35.9 Å². The summed E-state index contributed by atoms with van der Waals surface area (Å²) in [5.74, 6) is 0. The van der Waals surface area contributed by atoms with E-state index in [-0.39, 0.29) is 19.6 Å². The van der Waals surface area contributed by atoms with Gasteiger partial charge in [-0.15, -0.1) is 0 Å². The van der Waals surface area contributed by atoms with Crippen LogP contribution in [0.1, 0.15) is 12.0 Å². The van der Waals surface area contributed by atoms with E-state index in [1.165, 1.54) is 4.90 Å². The molecule has 0 bridgehead atoms. The molecule has 2 atom stereocenters. The van der Waals surface area contributed by atoms with Gasteiger partial charge in [-0.25, -0.2) is 9.18 Å². The number of hydrogen-bond acceptors (Lipinski definition) is 3. The number of amides is 1. The molecule has 1 aliphatic rings. The summed E-state index contributed by atoms with van der Waals surface area (Å²) in [5.41, 5.74) is 6.52. The van der Waals surface area contributed by atoms with E-state index < -0.39 is 18.3 Å². The van der Waals surface area contributed by atoms with Crippen LogP contribution >= 0.6 is 0 Å². The molecule has 0 radical (unpaired) electrons. The Balaban J connectivity index is 1.82. The second-order valence-corrected chi connectivity index (χ2v) is 4.45. The van der Waals surface area contributed by atoms with Gasteiger partial charge in [-0.1, -0.05) is 30.3 Å². The van der Waals surface area contributed by atoms with Gasteiger partial charge < -0.3 is 15.4 Å². The van der Waals surface area contributed by atoms with E-state index in [1.807, 2.05) is 30.3 Å². The van der Waals surface area contributed by atoms with Crippen LogP contribution in [-0.2, 0) is 11.3 Å². The molecule has 2 N–H and O–H groups in total. The van der Waals surface area contributed by atoms with E-state index in [4.69, 9.17) is 10.5 Å². The lowest BCUT2D eigenvalue weighted by Gasteiger charge is -2.32. The Bertz CT molecular complexity index is 399. The van der Waals surface area contributed by atoms with Crippen LogP contribution in [0.15, 0.2) is 30.3 Å². The molecule has 2 rings (SSSR count). The number of benzene rings is 1. The van der Waals surface area contributed by atoms with Crippen LogP contribution in [0.2, 0.25) is 0 Å². The summed E-state index contributed by atoms with van der Waals surface area (Å²) in [5, 5.41) is 0. The molecule has 98 valence electrons. The van der Waals surface area contributed by atoms with E-state index in [0.717, 1.165) is 5.56 Å². The molecule has 4 nitrogen and oxygen atoms in total. The first-order valence-corrected chi connectivity index (χ1v) is 6.02. The fourth-order valence-electron chi connectivity index (χ4n) is 1.93. The van der Waals surface area contributed by atoms with Crippen molar-refractivity contribution < 1.29 is 13.9 Å². The molecule has 18 heavy (non-hydrogen) atoms. The minimum absolute atomic E-state index is 0.217. The molecule has 1 aliphatic heterocycles. The van der Waals surface area contributed by atoms with Gasteiger partial charge in [0.15, 0.2) is 0 Å². The van der Waals surface area contributed by atoms with Crippen LogP contribution in [0.5, 0.6) is 0 Å². The normalized spacial score (nSPS) is 23.8. The summed E-state index contributed by atoms with van der Waals surface area (Å²) in [4.78, 5) is 13.2. The first-order valence-electron chi connectivity index (χ1n) is 6.02. The number of halogens is 1. The molecular weight excluding hydrogens is 235 g/mol. The number of nitrogens with two attached hydrogens (primary N) is 1. The van der Waals surface area contributed by atoms with Gasteiger partial charge in [0.2, 0.25) is 0 Å². The van der Waals surface area contributed by atoms with Crippen molar-refractivity contribution in [1.29, 1.82) is 0 Å². The number of carbonyl (C=O) groups excluding carboxylic acids is 1. The van der Waals surface area contributed by atoms with E-state index in [0.29, 0.717) is 6.54 Å². The predicted molar refractivity (Wildman–Crippen MR) is 65.7 cm³/mol. The average Bonchev–Trinajstić information content (AvgIpc) is 2.40. The number of alkyl halides is 1. The van der Waals surface area contributed by atoms with E-state index in [2.05, 4.69) is 0 Å². The van der Waals surface area contributed by atoms with E-state index >= 15 is 0 Å². The van der Waals surface area contributed by atoms with Crippen molar-refractivity contribution in [2.24, 2.45) is 5.73 Å². The smallest absolute Gasteiger partial charge is 0.410 e. The molecular formula is C13H17FN2O2. The van der Waals surface area contributed by atoms with Gasteiger partial charge in [0.1, 0.15) is 12.8 Å². The summed E-state index contributed by atoms with van der Waals surface area (Å²) >= 11 is 0. The van der Waals surface area contributed by atoms with Gasteiger partial charge in [-0.05, 0) is 12.0 Å². The molecule has 1 aromatic carbocycles. The molecule has 1 aromatic rings. The molecule has 1 amide bonds. The lowest BCUT2D eigenvalue weighted by atomic mass is 10.1. The highest BCUT2D eigenvalue weighted by atomic mass is 19.1. The van der Waals surface area contributed by atoms with E-state index in [9.17, 15) is 9.18 Å². The number of nitrogens with zero attached hydrogens (tertiary/aromatic N) is 1. The molecule has 0 spiro atoms. The van der Waals surface area contributed by atoms with E-state index in [1.54, 1.807) is 0 Å². The standard InChI is InChI=1S/C13H17FN2O2/c14-11-6-7-16(8-12(11)15)13(17)18-9-10-4-2-1-3-5-10/h1-5,11-12H,6-9,15H2. The molecule has 5 heteroatoms. The van der Waals surface area contributed by atoms with Gasteiger partial charge in [0.05, 0.1) is 6.04 Å². The minimum atomic E-state index is -1.02. The Hall–Kier alpha value is -1.62. The number of piperidine rings is 1. The first-order chi connectivity index (χ1) is 8.66. The second kappa shape index (κ2) is 5.82. The van der Waals surface area contributed by atoms with Gasteiger partial charge in [0.25, 0.3) is 0 Å². The maximum Gasteiger partial charge on any atom is 0.410 e. The van der Waals surface area contributed by atoms with Crippen LogP contribution in [-0.4, -0.2) is 36.3 Å². The quantitative estimate of drug-likeness (QED) is 0.871. The van der Waals surface area contributed by atoms with Crippen LogP contribution in [0.25, 0.3) is 0 Å². The third-order valence-electron chi connectivity index (χ3n) is 3.03. The second-order valence-electron chi connectivity index (χ2n) is 4.45. The van der Waals surface area contributed by atoms with Crippen LogP contribution in [0, 0.1) is 0 Å². The molecule has 1 saturated heterocycles. The lowest BCUT2D eigenvalue weighted by molar-refractivity contribution is 0.0703. The number of carbonyl (C=O) groups is 1. The number of hydrogen-bond donors (Lipinski definition) is 1. The fraction of sp³-hybridized carbons (Fsp3) is 0.462. The third kappa shape index (κ3) is 3.20. The highest BCUT2D eigenvalue weighted by molar-refractivity contribution is 5.67. The van der Waals surface area contributed by atoms with Gasteiger partial charge in [-0.2, -0.15) is 0 Å². The number of ether oxygens (including phenoxy) is 1. The van der Waals surface area contributed by atoms with Gasteiger partial charge >= 0.3 is 6.09 Å². The zero-order valence-corrected chi connectivity index (χ0v) is 10.1. The molecule has 1 heterocycles. The Kier molecular flexibility index (Phi) is 4.15. The molecule has 1 fully saturated rings. The van der Waals surface area contributed by atoms with Crippen molar-refractivity contribution in [3.8, 4) is 0 Å². The highest BCUT2D eigenvalue weighted by Crippen LogP contribution is 2.14. The number of likely N-dealkylation sites (tertiary alicyclic amines) is 1. The zero-order valence-electron chi connectivity index (χ0n) is 10.1. The third-order valence-corrected chi connectivity index (χ3v) is 3.03. The van der Waals surface area contributed by atoms with Crippen molar-refractivity contribution in [1.82, 2.24) is 4.90 Å². The van der Waals surface area contributed by atoms with Gasteiger partial charge in [-0.3, -0.25) is 0 Å². The fourth-order valence-corrected chi connectivity index (χ4v) is 1.93. The summed E-state index contributed by atoms with van der Waals surface area (Å²) in [6.07, 6.45) is -1.17. The van der Waals surface area contributed by atoms with Crippen molar-refractivity contribution in [3.63, 3.8) is 0 Å². The maximum atomic E-state index is 13.2. The minimum Gasteiger partial charge on any atom is -0.445 e. The largest absolute Gasteiger partial charge is 0.445 e. The SMILES string of the molecule is NC1CN(C(=O)OCc2ccccc2)CCC1F. The first kappa shape index (κ1) is 12.8. The topological polar surface area (TPSA) is 55.6 Å². The summed E-state index contributed by atoms with van der Waals surface area (Å²) < 4.78 is 18.3. The van der Waals surface area contributed by atoms with Crippen LogP contribution in [0.4, 0.5) is 9.18 Å². The Morgan fingerprint density at radius 3 is 2.83 bits per heavy atom. The van der Waals surface area contributed by atoms with Crippen LogP contribution in [0.3, 0.4) is 0 Å². The molecule has 2 unspecified atom stereocenters. The summed E-state index contributed by atoms with van der Waals surface area (Å²) in [6, 6.07) is 8.82. The lowest BCUT2D eigenvalue weighted by Crippen LogP contribution is -2.51. The Morgan fingerprint density at radius 1 is 1.44 bits per heavy atom. The Morgan fingerprint density at radius 2 is 2.17 bits per heavy atom. The average molecular weight is 252 g/mol. The summed E-state index contributed by atoms with van der Waals surface area (Å²) in [7, 11) is 0. The molecule has 0 saturated carbocycles. The van der Waals surface area contributed by atoms with Crippen LogP contribution < -0.4 is 5.73 Å². The molecule has 0 aromatic heterocycles. The van der Waals surface area contributed by atoms with Crippen molar-refractivity contribution in [2.45, 2.75) is 25.2 Å². The van der Waals surface area contributed by atoms with Crippen molar-refractivity contribution in [2.75, 3.05) is 13.1 Å².